The molecule has 4 rings (SSSR count). The van der Waals surface area contributed by atoms with Crippen LogP contribution in [0.5, 0.6) is 0 Å². The highest BCUT2D eigenvalue weighted by Crippen LogP contribution is 2.24. The first-order valence-electron chi connectivity index (χ1n) is 13.9. The second-order valence-electron chi connectivity index (χ2n) is 11.3. The van der Waals surface area contributed by atoms with E-state index in [0.717, 1.165) is 18.5 Å². The molecule has 2 aromatic heterocycles. The van der Waals surface area contributed by atoms with Crippen molar-refractivity contribution in [2.45, 2.75) is 71.1 Å². The smallest absolute Gasteiger partial charge is 0.410 e. The Morgan fingerprint density at radius 3 is 2.51 bits per heavy atom. The van der Waals surface area contributed by atoms with Gasteiger partial charge in [0, 0.05) is 50.8 Å². The average molecular weight is 542 g/mol. The van der Waals surface area contributed by atoms with Crippen molar-refractivity contribution in [1.29, 1.82) is 0 Å². The zero-order valence-electron chi connectivity index (χ0n) is 24.1. The van der Waals surface area contributed by atoms with Gasteiger partial charge in [0.05, 0.1) is 18.4 Å². The summed E-state index contributed by atoms with van der Waals surface area (Å²) in [5.41, 5.74) is 1.73. The van der Waals surface area contributed by atoms with E-state index >= 15 is 0 Å². The number of aromatic nitrogens is 4. The van der Waals surface area contributed by atoms with Crippen molar-refractivity contribution in [3.8, 4) is 0 Å². The third-order valence-electron chi connectivity index (χ3n) is 6.95. The molecule has 0 aromatic carbocycles. The predicted octanol–water partition coefficient (Wildman–Crippen LogP) is 2.80. The van der Waals surface area contributed by atoms with Gasteiger partial charge in [-0.3, -0.25) is 4.79 Å². The lowest BCUT2D eigenvalue weighted by Gasteiger charge is -2.32. The number of carbonyl (C=O) groups excluding carboxylic acids is 2. The molecule has 0 aliphatic carbocycles. The SMILES string of the molecule is CC(C)Nc1nc(NC2CCN(C(=O)O[C@H]3CCN(C(=O)/C=C/CN(C)C)C3)CC2)c2ncc(C(C)C)n2n1. The van der Waals surface area contributed by atoms with Crippen molar-refractivity contribution < 1.29 is 14.3 Å². The summed E-state index contributed by atoms with van der Waals surface area (Å²) in [6, 6.07) is 0.340. The lowest BCUT2D eigenvalue weighted by Crippen LogP contribution is -2.44. The standard InChI is InChI=1S/C27H43N9O3/c1-18(2)22-16-28-25-24(31-26(29-19(3)4)32-36(22)25)30-20-9-13-34(14-10-20)27(38)39-21-11-15-35(17-21)23(37)8-7-12-33(5)6/h7-8,16,18-21H,9-15,17H2,1-6H3,(H2,29,30,31,32)/b8-7+/t21-/m0/s1. The van der Waals surface area contributed by atoms with E-state index in [-0.39, 0.29) is 36.1 Å². The normalized spacial score (nSPS) is 18.7. The lowest BCUT2D eigenvalue weighted by molar-refractivity contribution is -0.125. The maximum absolute atomic E-state index is 12.8. The molecular weight excluding hydrogens is 498 g/mol. The molecule has 1 atom stereocenters. The molecule has 2 aliphatic heterocycles. The fourth-order valence-corrected chi connectivity index (χ4v) is 4.82. The van der Waals surface area contributed by atoms with Crippen LogP contribution < -0.4 is 10.6 Å². The molecule has 0 saturated carbocycles. The molecule has 2 saturated heterocycles. The summed E-state index contributed by atoms with van der Waals surface area (Å²) in [4.78, 5) is 40.0. The van der Waals surface area contributed by atoms with Gasteiger partial charge in [-0.1, -0.05) is 19.9 Å². The summed E-state index contributed by atoms with van der Waals surface area (Å²) in [5, 5.41) is 11.5. The molecule has 2 amide bonds. The fourth-order valence-electron chi connectivity index (χ4n) is 4.82. The molecule has 12 nitrogen and oxygen atoms in total. The van der Waals surface area contributed by atoms with Crippen molar-refractivity contribution in [2.75, 3.05) is 57.5 Å². The maximum Gasteiger partial charge on any atom is 0.410 e. The summed E-state index contributed by atoms with van der Waals surface area (Å²) in [5.74, 6) is 1.48. The van der Waals surface area contributed by atoms with Gasteiger partial charge in [-0.15, -0.1) is 5.10 Å². The zero-order valence-corrected chi connectivity index (χ0v) is 24.1. The minimum Gasteiger partial charge on any atom is -0.444 e. The van der Waals surface area contributed by atoms with Gasteiger partial charge in [0.1, 0.15) is 6.10 Å². The molecule has 2 fully saturated rings. The number of carbonyl (C=O) groups is 2. The van der Waals surface area contributed by atoms with Crippen molar-refractivity contribution in [1.82, 2.24) is 34.3 Å². The molecule has 4 heterocycles. The Hall–Kier alpha value is -3.41. The topological polar surface area (TPSA) is 120 Å². The highest BCUT2D eigenvalue weighted by molar-refractivity contribution is 5.87. The van der Waals surface area contributed by atoms with Crippen LogP contribution in [-0.4, -0.2) is 111 Å². The van der Waals surface area contributed by atoms with E-state index in [9.17, 15) is 9.59 Å². The number of piperidine rings is 1. The van der Waals surface area contributed by atoms with E-state index in [0.29, 0.717) is 56.6 Å². The number of nitrogens with zero attached hydrogens (tertiary/aromatic N) is 7. The van der Waals surface area contributed by atoms with E-state index in [4.69, 9.17) is 9.72 Å². The van der Waals surface area contributed by atoms with Crippen LogP contribution in [0.3, 0.4) is 0 Å². The molecule has 2 aromatic rings. The number of hydrogen-bond acceptors (Lipinski definition) is 9. The number of fused-ring (bicyclic) bond motifs is 1. The van der Waals surface area contributed by atoms with Crippen molar-refractivity contribution in [3.63, 3.8) is 0 Å². The number of ether oxygens (including phenoxy) is 1. The van der Waals surface area contributed by atoms with Crippen LogP contribution >= 0.6 is 0 Å². The third-order valence-corrected chi connectivity index (χ3v) is 6.95. The van der Waals surface area contributed by atoms with Crippen LogP contribution in [0.25, 0.3) is 5.65 Å². The molecule has 214 valence electrons. The summed E-state index contributed by atoms with van der Waals surface area (Å²) in [7, 11) is 3.91. The Kier molecular flexibility index (Phi) is 9.26. The molecule has 0 spiro atoms. The molecule has 0 radical (unpaired) electrons. The Morgan fingerprint density at radius 1 is 1.13 bits per heavy atom. The van der Waals surface area contributed by atoms with Crippen LogP contribution in [0.1, 0.15) is 58.6 Å². The monoisotopic (exact) mass is 541 g/mol. The van der Waals surface area contributed by atoms with E-state index in [1.807, 2.05) is 35.8 Å². The number of anilines is 2. The fraction of sp³-hybridized carbons (Fsp3) is 0.667. The van der Waals surface area contributed by atoms with Crippen LogP contribution in [0.4, 0.5) is 16.6 Å². The van der Waals surface area contributed by atoms with Gasteiger partial charge in [-0.05, 0) is 46.7 Å². The van der Waals surface area contributed by atoms with Crippen LogP contribution in [0, 0.1) is 0 Å². The van der Waals surface area contributed by atoms with Gasteiger partial charge in [-0.2, -0.15) is 4.98 Å². The first-order chi connectivity index (χ1) is 18.6. The van der Waals surface area contributed by atoms with Crippen LogP contribution in [-0.2, 0) is 9.53 Å². The number of likely N-dealkylation sites (tertiary alicyclic amines) is 2. The van der Waals surface area contributed by atoms with Gasteiger partial charge in [-0.25, -0.2) is 14.3 Å². The third kappa shape index (κ3) is 7.37. The van der Waals surface area contributed by atoms with E-state index in [2.05, 4.69) is 48.4 Å². The minimum absolute atomic E-state index is 0.0362. The second kappa shape index (κ2) is 12.6. The van der Waals surface area contributed by atoms with Crippen LogP contribution in [0.15, 0.2) is 18.3 Å². The Bertz CT molecular complexity index is 1170. The summed E-state index contributed by atoms with van der Waals surface area (Å²) >= 11 is 0. The molecule has 0 unspecified atom stereocenters. The number of nitrogens with one attached hydrogen (secondary N) is 2. The minimum atomic E-state index is -0.307. The number of hydrogen-bond donors (Lipinski definition) is 2. The number of imidazole rings is 1. The van der Waals surface area contributed by atoms with Gasteiger partial charge in [0.15, 0.2) is 11.5 Å². The molecule has 12 heteroatoms. The summed E-state index contributed by atoms with van der Waals surface area (Å²) in [6.45, 7) is 11.3. The quantitative estimate of drug-likeness (QED) is 0.462. The van der Waals surface area contributed by atoms with Crippen molar-refractivity contribution >= 4 is 29.4 Å². The average Bonchev–Trinajstić information content (AvgIpc) is 3.51. The highest BCUT2D eigenvalue weighted by Gasteiger charge is 2.31. The largest absolute Gasteiger partial charge is 0.444 e. The predicted molar refractivity (Wildman–Crippen MR) is 151 cm³/mol. The Morgan fingerprint density at radius 2 is 1.85 bits per heavy atom. The number of rotatable bonds is 9. The highest BCUT2D eigenvalue weighted by atomic mass is 16.6. The zero-order chi connectivity index (χ0) is 28.1. The molecule has 2 aliphatic rings. The Balaban J connectivity index is 1.30. The molecule has 39 heavy (non-hydrogen) atoms. The van der Waals surface area contributed by atoms with Crippen molar-refractivity contribution in [3.05, 3.63) is 24.0 Å². The number of amides is 2. The van der Waals surface area contributed by atoms with Crippen molar-refractivity contribution in [2.24, 2.45) is 0 Å². The summed E-state index contributed by atoms with van der Waals surface area (Å²) < 4.78 is 7.63. The van der Waals surface area contributed by atoms with Gasteiger partial charge in [0.2, 0.25) is 11.9 Å². The van der Waals surface area contributed by atoms with E-state index < -0.39 is 0 Å². The Labute approximate surface area is 230 Å². The maximum atomic E-state index is 12.8. The first-order valence-corrected chi connectivity index (χ1v) is 13.9. The number of likely N-dealkylation sites (N-methyl/N-ethyl adjacent to an activating group) is 1. The first kappa shape index (κ1) is 28.6. The summed E-state index contributed by atoms with van der Waals surface area (Å²) in [6.07, 6.45) is 6.93. The molecule has 2 N–H and O–H groups in total. The molecule has 0 bridgehead atoms. The lowest BCUT2D eigenvalue weighted by atomic mass is 10.1. The van der Waals surface area contributed by atoms with E-state index in [1.54, 1.807) is 15.9 Å². The second-order valence-corrected chi connectivity index (χ2v) is 11.3. The van der Waals surface area contributed by atoms with Gasteiger partial charge >= 0.3 is 6.09 Å². The van der Waals surface area contributed by atoms with Gasteiger partial charge in [0.25, 0.3) is 0 Å². The molecular formula is C27H43N9O3. The van der Waals surface area contributed by atoms with E-state index in [1.165, 1.54) is 0 Å². The van der Waals surface area contributed by atoms with Gasteiger partial charge < -0.3 is 30.1 Å². The van der Waals surface area contributed by atoms with Crippen LogP contribution in [0.2, 0.25) is 0 Å².